The highest BCUT2D eigenvalue weighted by atomic mass is 32.2. The van der Waals surface area contributed by atoms with Gasteiger partial charge in [-0.3, -0.25) is 9.59 Å². The van der Waals surface area contributed by atoms with Gasteiger partial charge in [0.1, 0.15) is 11.6 Å². The molecule has 0 aliphatic rings. The Morgan fingerprint density at radius 3 is 1.16 bits per heavy atom. The van der Waals surface area contributed by atoms with Crippen LogP contribution >= 0.6 is 0 Å². The predicted octanol–water partition coefficient (Wildman–Crippen LogP) is -0.00880. The van der Waals surface area contributed by atoms with Gasteiger partial charge >= 0.3 is 0 Å². The summed E-state index contributed by atoms with van der Waals surface area (Å²) in [5, 5.41) is 4.26. The predicted molar refractivity (Wildman–Crippen MR) is 117 cm³/mol. The molecule has 0 amide bonds. The number of nitrogens with one attached hydrogen (secondary N) is 2. The second kappa shape index (κ2) is 8.60. The van der Waals surface area contributed by atoms with Crippen LogP contribution in [-0.4, -0.2) is 35.2 Å². The van der Waals surface area contributed by atoms with Crippen LogP contribution in [0.4, 0.5) is 11.6 Å². The Kier molecular flexibility index (Phi) is 6.09. The van der Waals surface area contributed by atoms with Crippen LogP contribution < -0.4 is 22.6 Å². The lowest BCUT2D eigenvalue weighted by molar-refractivity contribution is 0.579. The summed E-state index contributed by atoms with van der Waals surface area (Å²) in [6.07, 6.45) is 0. The van der Waals surface area contributed by atoms with E-state index in [0.29, 0.717) is 8.17 Å². The molecule has 4 aromatic rings. The number of hydrogen-bond donors (Lipinski definition) is 4. The standard InChI is InChI=1S/2C9H9N3O3S/c2*10-8-6-9(13)11-12(8)16(14,15)7-4-2-1-3-5-7/h2*1-6H,10H2,(H,11,13). The molecule has 2 aromatic carbocycles. The summed E-state index contributed by atoms with van der Waals surface area (Å²) in [4.78, 5) is 22.1. The van der Waals surface area contributed by atoms with Crippen molar-refractivity contribution in [1.29, 1.82) is 0 Å². The zero-order valence-electron chi connectivity index (χ0n) is 16.2. The molecular formula is C18H18N6O6S2. The summed E-state index contributed by atoms with van der Waals surface area (Å²) in [5.74, 6) is -0.289. The van der Waals surface area contributed by atoms with E-state index in [1.165, 1.54) is 24.3 Å². The van der Waals surface area contributed by atoms with Crippen molar-refractivity contribution in [1.82, 2.24) is 18.4 Å². The van der Waals surface area contributed by atoms with Crippen LogP contribution in [0.1, 0.15) is 0 Å². The number of rotatable bonds is 4. The molecule has 6 N–H and O–H groups in total. The van der Waals surface area contributed by atoms with E-state index in [0.717, 1.165) is 12.1 Å². The summed E-state index contributed by atoms with van der Waals surface area (Å²) in [6.45, 7) is 0. The molecule has 0 aliphatic heterocycles. The zero-order chi connectivity index (χ0) is 23.5. The number of hydrogen-bond acceptors (Lipinski definition) is 8. The maximum atomic E-state index is 12.0. The molecule has 0 aliphatic carbocycles. The highest BCUT2D eigenvalue weighted by molar-refractivity contribution is 7.90. The van der Waals surface area contributed by atoms with Gasteiger partial charge in [0.15, 0.2) is 0 Å². The van der Waals surface area contributed by atoms with Gasteiger partial charge in [-0.1, -0.05) is 36.4 Å². The first-order valence-corrected chi connectivity index (χ1v) is 11.7. The van der Waals surface area contributed by atoms with Crippen LogP contribution in [-0.2, 0) is 20.0 Å². The third-order valence-electron chi connectivity index (χ3n) is 4.01. The van der Waals surface area contributed by atoms with Gasteiger partial charge in [0.25, 0.3) is 31.2 Å². The minimum atomic E-state index is -3.81. The first-order valence-electron chi connectivity index (χ1n) is 8.80. The number of benzene rings is 2. The van der Waals surface area contributed by atoms with Crippen molar-refractivity contribution in [3.8, 4) is 0 Å². The molecule has 0 fully saturated rings. The van der Waals surface area contributed by atoms with Crippen LogP contribution in [0.5, 0.6) is 0 Å². The van der Waals surface area contributed by atoms with Gasteiger partial charge in [0.2, 0.25) is 0 Å². The van der Waals surface area contributed by atoms with Crippen LogP contribution in [0.25, 0.3) is 0 Å². The Hall–Kier alpha value is -4.04. The maximum Gasteiger partial charge on any atom is 0.283 e. The Morgan fingerprint density at radius 2 is 0.906 bits per heavy atom. The Balaban J connectivity index is 0.000000181. The highest BCUT2D eigenvalue weighted by Crippen LogP contribution is 2.15. The number of anilines is 2. The van der Waals surface area contributed by atoms with E-state index in [1.807, 2.05) is 0 Å². The number of nitrogens with zero attached hydrogens (tertiary/aromatic N) is 2. The topological polar surface area (TPSA) is 196 Å². The second-order valence-corrected chi connectivity index (χ2v) is 9.83. The van der Waals surface area contributed by atoms with E-state index >= 15 is 0 Å². The molecule has 0 spiro atoms. The Morgan fingerprint density at radius 1 is 0.594 bits per heavy atom. The van der Waals surface area contributed by atoms with Crippen molar-refractivity contribution in [3.63, 3.8) is 0 Å². The molecule has 14 heteroatoms. The van der Waals surface area contributed by atoms with Gasteiger partial charge in [-0.2, -0.15) is 25.0 Å². The molecule has 12 nitrogen and oxygen atoms in total. The lowest BCUT2D eigenvalue weighted by Crippen LogP contribution is -2.18. The summed E-state index contributed by atoms with van der Waals surface area (Å²) in [7, 11) is -7.63. The fourth-order valence-corrected chi connectivity index (χ4v) is 5.08. The van der Waals surface area contributed by atoms with Gasteiger partial charge in [0.05, 0.1) is 9.79 Å². The van der Waals surface area contributed by atoms with Crippen LogP contribution in [0.2, 0.25) is 0 Å². The molecule has 2 heterocycles. The monoisotopic (exact) mass is 478 g/mol. The first-order chi connectivity index (χ1) is 15.0. The molecule has 0 atom stereocenters. The van der Waals surface area contributed by atoms with E-state index in [4.69, 9.17) is 11.5 Å². The lowest BCUT2D eigenvalue weighted by Gasteiger charge is -2.06. The maximum absolute atomic E-state index is 12.0. The summed E-state index contributed by atoms with van der Waals surface area (Å²) in [6, 6.07) is 17.5. The summed E-state index contributed by atoms with van der Waals surface area (Å²) in [5.41, 5.74) is 9.72. The van der Waals surface area contributed by atoms with E-state index in [1.54, 1.807) is 36.4 Å². The normalized spacial score (nSPS) is 11.5. The van der Waals surface area contributed by atoms with Crippen molar-refractivity contribution in [2.45, 2.75) is 9.79 Å². The van der Waals surface area contributed by atoms with E-state index in [2.05, 4.69) is 10.2 Å². The van der Waals surface area contributed by atoms with Crippen molar-refractivity contribution in [3.05, 3.63) is 93.5 Å². The van der Waals surface area contributed by atoms with Crippen LogP contribution in [0.15, 0.2) is 92.2 Å². The molecule has 0 unspecified atom stereocenters. The average molecular weight is 479 g/mol. The Labute approximate surface area is 181 Å². The van der Waals surface area contributed by atoms with Crippen molar-refractivity contribution in [2.24, 2.45) is 0 Å². The second-order valence-electron chi connectivity index (χ2n) is 6.26. The van der Waals surface area contributed by atoms with Crippen LogP contribution in [0.3, 0.4) is 0 Å². The van der Waals surface area contributed by atoms with Gasteiger partial charge in [-0.05, 0) is 24.3 Å². The minimum Gasteiger partial charge on any atom is -0.383 e. The molecular weight excluding hydrogens is 460 g/mol. The SMILES string of the molecule is Nc1cc(=O)[nH]n1S(=O)(=O)c1ccccc1.Nc1cc(=O)[nH]n1S(=O)(=O)c1ccccc1. The largest absolute Gasteiger partial charge is 0.383 e. The molecule has 32 heavy (non-hydrogen) atoms. The lowest BCUT2D eigenvalue weighted by atomic mass is 10.4. The van der Waals surface area contributed by atoms with Gasteiger partial charge in [0, 0.05) is 12.1 Å². The number of nitrogens with two attached hydrogens (primary N) is 2. The average Bonchev–Trinajstić information content (AvgIpc) is 3.30. The third kappa shape index (κ3) is 4.50. The fraction of sp³-hybridized carbons (Fsp3) is 0. The highest BCUT2D eigenvalue weighted by Gasteiger charge is 2.20. The van der Waals surface area contributed by atoms with Crippen molar-refractivity contribution in [2.75, 3.05) is 11.5 Å². The number of nitrogen functional groups attached to an aromatic ring is 2. The minimum absolute atomic E-state index is 0.0635. The summed E-state index contributed by atoms with van der Waals surface area (Å²) < 4.78 is 49.2. The smallest absolute Gasteiger partial charge is 0.283 e. The number of aromatic amines is 2. The quantitative estimate of drug-likeness (QED) is 0.314. The van der Waals surface area contributed by atoms with E-state index in [-0.39, 0.29) is 21.4 Å². The molecule has 0 saturated carbocycles. The molecule has 0 saturated heterocycles. The molecule has 0 bridgehead atoms. The van der Waals surface area contributed by atoms with Gasteiger partial charge in [-0.25, -0.2) is 10.2 Å². The van der Waals surface area contributed by atoms with E-state index < -0.39 is 31.2 Å². The third-order valence-corrected chi connectivity index (χ3v) is 7.31. The van der Waals surface area contributed by atoms with Crippen LogP contribution in [0, 0.1) is 0 Å². The van der Waals surface area contributed by atoms with Crippen molar-refractivity contribution < 1.29 is 16.8 Å². The van der Waals surface area contributed by atoms with Gasteiger partial charge in [-0.15, -0.1) is 0 Å². The molecule has 168 valence electrons. The summed E-state index contributed by atoms with van der Waals surface area (Å²) >= 11 is 0. The molecule has 4 rings (SSSR count). The molecule has 2 aromatic heterocycles. The zero-order valence-corrected chi connectivity index (χ0v) is 17.9. The van der Waals surface area contributed by atoms with Crippen molar-refractivity contribution >= 4 is 31.7 Å². The number of aromatic nitrogens is 4. The fourth-order valence-electron chi connectivity index (χ4n) is 2.57. The number of H-pyrrole nitrogens is 2. The van der Waals surface area contributed by atoms with Gasteiger partial charge < -0.3 is 11.5 Å². The molecule has 0 radical (unpaired) electrons. The Bertz CT molecular complexity index is 1430. The first kappa shape index (κ1) is 22.6. The van der Waals surface area contributed by atoms with E-state index in [9.17, 15) is 26.4 Å².